The minimum Gasteiger partial charge on any atom is -0.294 e. The molecule has 0 radical (unpaired) electrons. The number of anilines is 1. The van der Waals surface area contributed by atoms with Crippen molar-refractivity contribution < 1.29 is 9.18 Å². The molecule has 1 fully saturated rings. The molecule has 6 nitrogen and oxygen atoms in total. The zero-order valence-corrected chi connectivity index (χ0v) is 11.8. The molecule has 1 saturated carbocycles. The number of aromatic nitrogens is 4. The lowest BCUT2D eigenvalue weighted by Crippen LogP contribution is -2.17. The molecule has 3 rings (SSSR count). The smallest absolute Gasteiger partial charge is 0.231 e. The number of hydrogen-bond acceptors (Lipinski definition) is 5. The van der Waals surface area contributed by atoms with E-state index < -0.39 is 5.82 Å². The molecule has 2 aromatic rings. The van der Waals surface area contributed by atoms with Crippen molar-refractivity contribution in [2.45, 2.75) is 19.3 Å². The van der Waals surface area contributed by atoms with Gasteiger partial charge in [0.15, 0.2) is 11.0 Å². The highest BCUT2D eigenvalue weighted by Crippen LogP contribution is 2.46. The molecule has 0 bridgehead atoms. The van der Waals surface area contributed by atoms with Gasteiger partial charge in [-0.25, -0.2) is 19.3 Å². The Morgan fingerprint density at radius 3 is 2.95 bits per heavy atom. The predicted octanol–water partition coefficient (Wildman–Crippen LogP) is 2.11. The summed E-state index contributed by atoms with van der Waals surface area (Å²) in [6.45, 7) is 1.87. The molecule has 2 aromatic heterocycles. The third kappa shape index (κ3) is 2.97. The van der Waals surface area contributed by atoms with E-state index in [0.29, 0.717) is 12.2 Å². The molecule has 0 aliphatic heterocycles. The molecule has 0 aromatic carbocycles. The Bertz CT molecular complexity index is 711. The summed E-state index contributed by atoms with van der Waals surface area (Å²) in [5, 5.41) is 2.19. The molecular formula is C13H11ClFN5O. The summed E-state index contributed by atoms with van der Waals surface area (Å²) in [4.78, 5) is 27.9. The summed E-state index contributed by atoms with van der Waals surface area (Å²) < 4.78 is 12.9. The number of aryl methyl sites for hydroxylation is 1. The molecule has 0 saturated heterocycles. The predicted molar refractivity (Wildman–Crippen MR) is 73.2 cm³/mol. The van der Waals surface area contributed by atoms with Crippen LogP contribution in [0, 0.1) is 18.7 Å². The monoisotopic (exact) mass is 307 g/mol. The van der Waals surface area contributed by atoms with E-state index in [0.717, 1.165) is 11.9 Å². The van der Waals surface area contributed by atoms with Gasteiger partial charge in [0.25, 0.3) is 0 Å². The number of nitrogens with zero attached hydrogens (tertiary/aromatic N) is 4. The summed E-state index contributed by atoms with van der Waals surface area (Å²) in [7, 11) is 0. The van der Waals surface area contributed by atoms with Crippen molar-refractivity contribution in [1.29, 1.82) is 0 Å². The van der Waals surface area contributed by atoms with E-state index in [4.69, 9.17) is 11.6 Å². The van der Waals surface area contributed by atoms with Gasteiger partial charge in [0.05, 0.1) is 6.20 Å². The first kappa shape index (κ1) is 13.8. The van der Waals surface area contributed by atoms with E-state index in [1.807, 2.05) is 6.92 Å². The molecule has 21 heavy (non-hydrogen) atoms. The van der Waals surface area contributed by atoms with Gasteiger partial charge in [0, 0.05) is 23.7 Å². The summed E-state index contributed by atoms with van der Waals surface area (Å²) >= 11 is 5.54. The van der Waals surface area contributed by atoms with Crippen LogP contribution in [0.5, 0.6) is 0 Å². The number of carbonyl (C=O) groups excluding carboxylic acids is 1. The maximum Gasteiger partial charge on any atom is 0.231 e. The van der Waals surface area contributed by atoms with E-state index in [1.165, 1.54) is 0 Å². The highest BCUT2D eigenvalue weighted by atomic mass is 35.5. The van der Waals surface area contributed by atoms with Gasteiger partial charge in [-0.2, -0.15) is 4.98 Å². The van der Waals surface area contributed by atoms with Crippen LogP contribution >= 0.6 is 11.6 Å². The molecule has 108 valence electrons. The first-order valence-corrected chi connectivity index (χ1v) is 6.71. The van der Waals surface area contributed by atoms with Crippen LogP contribution in [0.1, 0.15) is 23.9 Å². The Labute approximate surface area is 124 Å². The van der Waals surface area contributed by atoms with Crippen molar-refractivity contribution in [2.75, 3.05) is 5.32 Å². The summed E-state index contributed by atoms with van der Waals surface area (Å²) in [6, 6.07) is 1.80. The Kier molecular flexibility index (Phi) is 3.50. The lowest BCUT2D eigenvalue weighted by atomic mass is 10.2. The van der Waals surface area contributed by atoms with Crippen molar-refractivity contribution >= 4 is 23.5 Å². The number of carbonyl (C=O) groups is 1. The molecule has 1 aliphatic carbocycles. The minimum atomic E-state index is -0.730. The van der Waals surface area contributed by atoms with Crippen LogP contribution in [0.4, 0.5) is 10.3 Å². The third-order valence-electron chi connectivity index (χ3n) is 3.21. The van der Waals surface area contributed by atoms with Crippen LogP contribution in [0.2, 0.25) is 5.15 Å². The molecule has 1 aliphatic rings. The SMILES string of the molecule is Cc1ccnc(C2CC2C(=O)Nc2ncc(F)c(Cl)n2)n1. The second-order valence-corrected chi connectivity index (χ2v) is 5.18. The molecule has 1 amide bonds. The van der Waals surface area contributed by atoms with Crippen molar-refractivity contribution in [3.63, 3.8) is 0 Å². The molecule has 2 unspecified atom stereocenters. The van der Waals surface area contributed by atoms with E-state index in [2.05, 4.69) is 25.3 Å². The maximum atomic E-state index is 12.9. The maximum absolute atomic E-state index is 12.9. The number of halogens is 2. The molecule has 1 N–H and O–H groups in total. The van der Waals surface area contributed by atoms with E-state index in [1.54, 1.807) is 12.3 Å². The lowest BCUT2D eigenvalue weighted by Gasteiger charge is -2.03. The van der Waals surface area contributed by atoms with Gasteiger partial charge in [-0.1, -0.05) is 11.6 Å². The molecule has 0 spiro atoms. The Morgan fingerprint density at radius 2 is 2.24 bits per heavy atom. The zero-order chi connectivity index (χ0) is 15.0. The van der Waals surface area contributed by atoms with Crippen molar-refractivity contribution in [2.24, 2.45) is 5.92 Å². The average Bonchev–Trinajstić information content (AvgIpc) is 3.23. The highest BCUT2D eigenvalue weighted by molar-refractivity contribution is 6.29. The number of amides is 1. The number of rotatable bonds is 3. The summed E-state index contributed by atoms with van der Waals surface area (Å²) in [5.74, 6) is -0.546. The van der Waals surface area contributed by atoms with Crippen molar-refractivity contribution in [1.82, 2.24) is 19.9 Å². The lowest BCUT2D eigenvalue weighted by molar-refractivity contribution is -0.117. The first-order chi connectivity index (χ1) is 10.0. The van der Waals surface area contributed by atoms with E-state index in [9.17, 15) is 9.18 Å². The fourth-order valence-corrected chi connectivity index (χ4v) is 2.16. The quantitative estimate of drug-likeness (QED) is 0.878. The van der Waals surface area contributed by atoms with E-state index >= 15 is 0 Å². The van der Waals surface area contributed by atoms with Crippen molar-refractivity contribution in [3.05, 3.63) is 40.9 Å². The Morgan fingerprint density at radius 1 is 1.43 bits per heavy atom. The van der Waals surface area contributed by atoms with Crippen LogP contribution in [0.25, 0.3) is 0 Å². The molecular weight excluding hydrogens is 297 g/mol. The normalized spacial score (nSPS) is 20.1. The van der Waals surface area contributed by atoms with Crippen LogP contribution in [0.15, 0.2) is 18.5 Å². The van der Waals surface area contributed by atoms with Crippen molar-refractivity contribution in [3.8, 4) is 0 Å². The molecule has 2 heterocycles. The molecule has 2 atom stereocenters. The van der Waals surface area contributed by atoms with Gasteiger partial charge in [0.2, 0.25) is 11.9 Å². The fourth-order valence-electron chi connectivity index (χ4n) is 2.03. The van der Waals surface area contributed by atoms with Gasteiger partial charge in [-0.05, 0) is 19.4 Å². The standard InChI is InChI=1S/C13H11ClFN5O/c1-6-2-3-16-11(18-6)7-4-8(7)12(21)20-13-17-5-9(15)10(14)19-13/h2-3,5,7-8H,4H2,1H3,(H,17,19,20,21). The fraction of sp³-hybridized carbons (Fsp3) is 0.308. The summed E-state index contributed by atoms with van der Waals surface area (Å²) in [6.07, 6.45) is 3.26. The van der Waals surface area contributed by atoms with Crippen LogP contribution in [-0.2, 0) is 4.79 Å². The highest BCUT2D eigenvalue weighted by Gasteiger charge is 2.46. The van der Waals surface area contributed by atoms with Gasteiger partial charge in [-0.3, -0.25) is 10.1 Å². The largest absolute Gasteiger partial charge is 0.294 e. The Hall–Kier alpha value is -2.15. The molecule has 8 heteroatoms. The second-order valence-electron chi connectivity index (χ2n) is 4.83. The number of hydrogen-bond donors (Lipinski definition) is 1. The minimum absolute atomic E-state index is 0.000760. The van der Waals surface area contributed by atoms with Crippen LogP contribution < -0.4 is 5.32 Å². The Balaban J connectivity index is 1.66. The van der Waals surface area contributed by atoms with Gasteiger partial charge in [0.1, 0.15) is 5.82 Å². The number of nitrogens with one attached hydrogen (secondary N) is 1. The summed E-state index contributed by atoms with van der Waals surface area (Å²) in [5.41, 5.74) is 0.861. The van der Waals surface area contributed by atoms with Gasteiger partial charge >= 0.3 is 0 Å². The zero-order valence-electron chi connectivity index (χ0n) is 11.0. The third-order valence-corrected chi connectivity index (χ3v) is 3.47. The second kappa shape index (κ2) is 5.33. The topological polar surface area (TPSA) is 80.7 Å². The first-order valence-electron chi connectivity index (χ1n) is 6.33. The average molecular weight is 308 g/mol. The van der Waals surface area contributed by atoms with Gasteiger partial charge < -0.3 is 0 Å². The van der Waals surface area contributed by atoms with E-state index in [-0.39, 0.29) is 28.8 Å². The van der Waals surface area contributed by atoms with Gasteiger partial charge in [-0.15, -0.1) is 0 Å². The van der Waals surface area contributed by atoms with Crippen LogP contribution in [-0.4, -0.2) is 25.8 Å². The van der Waals surface area contributed by atoms with Crippen LogP contribution in [0.3, 0.4) is 0 Å².